The van der Waals surface area contributed by atoms with Crippen molar-refractivity contribution in [1.82, 2.24) is 0 Å². The first-order chi connectivity index (χ1) is 3.41. The molecule has 0 nitrogen and oxygen atoms in total. The molecule has 0 saturated carbocycles. The first-order valence-corrected chi connectivity index (χ1v) is 6.24. The van der Waals surface area contributed by atoms with E-state index in [0.717, 1.165) is 0 Å². The van der Waals surface area contributed by atoms with Crippen LogP contribution in [0.4, 0.5) is 0 Å². The van der Waals surface area contributed by atoms with Gasteiger partial charge in [0.15, 0.2) is 0 Å². The van der Waals surface area contributed by atoms with Crippen LogP contribution in [0.1, 0.15) is 19.3 Å². The van der Waals surface area contributed by atoms with Crippen LogP contribution >= 0.6 is 0 Å². The van der Waals surface area contributed by atoms with Gasteiger partial charge in [-0.3, -0.25) is 0 Å². The van der Waals surface area contributed by atoms with Crippen molar-refractivity contribution in [2.45, 2.75) is 31.4 Å². The van der Waals surface area contributed by atoms with E-state index in [1.54, 1.807) is 0 Å². The summed E-state index contributed by atoms with van der Waals surface area (Å²) in [7, 11) is 2.83. The zero-order valence-electron chi connectivity index (χ0n) is 5.54. The SMILES string of the molecule is [SiH3]CCCCC[SiH3]. The van der Waals surface area contributed by atoms with Crippen LogP contribution in [0, 0.1) is 0 Å². The molecule has 0 spiro atoms. The number of rotatable bonds is 4. The van der Waals surface area contributed by atoms with Gasteiger partial charge in [0.05, 0.1) is 0 Å². The Bertz CT molecular complexity index is 25.3. The quantitative estimate of drug-likeness (QED) is 0.365. The van der Waals surface area contributed by atoms with Gasteiger partial charge in [-0.1, -0.05) is 31.4 Å². The molecule has 0 unspecified atom stereocenters. The Balaban J connectivity index is 2.45. The summed E-state index contributed by atoms with van der Waals surface area (Å²) in [6.45, 7) is 0. The molecule has 0 aliphatic heterocycles. The zero-order valence-corrected chi connectivity index (χ0v) is 9.54. The Morgan fingerprint density at radius 2 is 1.14 bits per heavy atom. The van der Waals surface area contributed by atoms with Crippen molar-refractivity contribution < 1.29 is 0 Å². The summed E-state index contributed by atoms with van der Waals surface area (Å²) in [4.78, 5) is 0. The van der Waals surface area contributed by atoms with E-state index in [9.17, 15) is 0 Å². The van der Waals surface area contributed by atoms with E-state index >= 15 is 0 Å². The molecule has 7 heavy (non-hydrogen) atoms. The summed E-state index contributed by atoms with van der Waals surface area (Å²) < 4.78 is 0. The minimum absolute atomic E-state index is 1.42. The van der Waals surface area contributed by atoms with E-state index < -0.39 is 0 Å². The number of unbranched alkanes of at least 4 members (excludes halogenated alkanes) is 2. The van der Waals surface area contributed by atoms with E-state index in [0.29, 0.717) is 0 Å². The Morgan fingerprint density at radius 3 is 1.43 bits per heavy atom. The Hall–Kier alpha value is 0.434. The summed E-state index contributed by atoms with van der Waals surface area (Å²) in [5.41, 5.74) is 0. The van der Waals surface area contributed by atoms with Crippen molar-refractivity contribution in [3.63, 3.8) is 0 Å². The Morgan fingerprint density at radius 1 is 0.714 bits per heavy atom. The van der Waals surface area contributed by atoms with Gasteiger partial charge in [-0.25, -0.2) is 0 Å². The van der Waals surface area contributed by atoms with E-state index in [2.05, 4.69) is 0 Å². The van der Waals surface area contributed by atoms with Gasteiger partial charge < -0.3 is 0 Å². The van der Waals surface area contributed by atoms with E-state index in [1.165, 1.54) is 51.8 Å². The van der Waals surface area contributed by atoms with Gasteiger partial charge in [0, 0.05) is 20.5 Å². The summed E-state index contributed by atoms with van der Waals surface area (Å²) in [5.74, 6) is 0. The maximum atomic E-state index is 1.52. The van der Waals surface area contributed by atoms with Crippen LogP contribution in [0.15, 0.2) is 0 Å². The Kier molecular flexibility index (Phi) is 6.83. The lowest BCUT2D eigenvalue weighted by molar-refractivity contribution is 0.770. The lowest BCUT2D eigenvalue weighted by Crippen LogP contribution is -1.74. The summed E-state index contributed by atoms with van der Waals surface area (Å²) in [5, 5.41) is 0. The van der Waals surface area contributed by atoms with E-state index in [4.69, 9.17) is 0 Å². The lowest BCUT2D eigenvalue weighted by Gasteiger charge is -1.90. The molecule has 0 bridgehead atoms. The molecule has 0 aromatic rings. The fraction of sp³-hybridized carbons (Fsp3) is 1.00. The standard InChI is InChI=1S/C5H16Si2/c6-4-2-1-3-5-7/h1-5H2,6-7H3. The fourth-order valence-electron chi connectivity index (χ4n) is 0.677. The van der Waals surface area contributed by atoms with Gasteiger partial charge >= 0.3 is 0 Å². The van der Waals surface area contributed by atoms with Crippen molar-refractivity contribution in [3.8, 4) is 0 Å². The molecule has 0 heterocycles. The molecular weight excluding hydrogens is 116 g/mol. The predicted molar refractivity (Wildman–Crippen MR) is 43.3 cm³/mol. The topological polar surface area (TPSA) is 0 Å². The molecular formula is C5H16Si2. The lowest BCUT2D eigenvalue weighted by atomic mass is 10.3. The molecule has 0 rings (SSSR count). The molecule has 44 valence electrons. The van der Waals surface area contributed by atoms with Gasteiger partial charge in [-0.05, 0) is 0 Å². The van der Waals surface area contributed by atoms with Crippen LogP contribution in [-0.4, -0.2) is 20.5 Å². The molecule has 0 atom stereocenters. The normalized spacial score (nSPS) is 10.3. The zero-order chi connectivity index (χ0) is 5.54. The fourth-order valence-corrected chi connectivity index (χ4v) is 1.68. The highest BCUT2D eigenvalue weighted by Gasteiger charge is 1.80. The highest BCUT2D eigenvalue weighted by molar-refractivity contribution is 6.08. The third kappa shape index (κ3) is 6.43. The molecule has 0 aromatic carbocycles. The predicted octanol–water partition coefficient (Wildman–Crippen LogP) is -0.276. The first kappa shape index (κ1) is 7.43. The maximum absolute atomic E-state index is 1.52. The van der Waals surface area contributed by atoms with Crippen molar-refractivity contribution in [2.75, 3.05) is 0 Å². The smallest absolute Gasteiger partial charge is 0.00279 e. The Labute approximate surface area is 52.5 Å². The largest absolute Gasteiger partial charge is 0.0658 e. The molecule has 0 fully saturated rings. The highest BCUT2D eigenvalue weighted by atomic mass is 28.1. The van der Waals surface area contributed by atoms with Gasteiger partial charge in [0.1, 0.15) is 0 Å². The molecule has 0 amide bonds. The van der Waals surface area contributed by atoms with Crippen molar-refractivity contribution in [3.05, 3.63) is 0 Å². The maximum Gasteiger partial charge on any atom is 0.00279 e. The average Bonchev–Trinajstić information content (AvgIpc) is 1.69. The van der Waals surface area contributed by atoms with Crippen LogP contribution in [0.3, 0.4) is 0 Å². The van der Waals surface area contributed by atoms with Crippen LogP contribution < -0.4 is 0 Å². The van der Waals surface area contributed by atoms with Crippen molar-refractivity contribution >= 4 is 20.5 Å². The van der Waals surface area contributed by atoms with Crippen LogP contribution in [0.2, 0.25) is 12.1 Å². The van der Waals surface area contributed by atoms with Crippen LogP contribution in [-0.2, 0) is 0 Å². The monoisotopic (exact) mass is 132 g/mol. The third-order valence-electron chi connectivity index (χ3n) is 1.21. The second-order valence-electron chi connectivity index (χ2n) is 2.06. The molecule has 0 aliphatic rings. The van der Waals surface area contributed by atoms with Crippen LogP contribution in [0.5, 0.6) is 0 Å². The average molecular weight is 132 g/mol. The van der Waals surface area contributed by atoms with Crippen LogP contribution in [0.25, 0.3) is 0 Å². The van der Waals surface area contributed by atoms with Gasteiger partial charge in [0.25, 0.3) is 0 Å². The number of hydrogen-bond donors (Lipinski definition) is 0. The molecule has 0 aromatic heterocycles. The number of hydrogen-bond acceptors (Lipinski definition) is 0. The minimum Gasteiger partial charge on any atom is -0.0658 e. The second-order valence-corrected chi connectivity index (χ2v) is 4.06. The van der Waals surface area contributed by atoms with Gasteiger partial charge in [0.2, 0.25) is 0 Å². The first-order valence-electron chi connectivity index (χ1n) is 3.41. The molecule has 0 N–H and O–H groups in total. The molecule has 0 saturated heterocycles. The highest BCUT2D eigenvalue weighted by Crippen LogP contribution is 1.98. The van der Waals surface area contributed by atoms with Gasteiger partial charge in [-0.2, -0.15) is 0 Å². The van der Waals surface area contributed by atoms with E-state index in [1.807, 2.05) is 0 Å². The second kappa shape index (κ2) is 6.43. The van der Waals surface area contributed by atoms with E-state index in [-0.39, 0.29) is 0 Å². The summed E-state index contributed by atoms with van der Waals surface area (Å²) >= 11 is 0. The minimum atomic E-state index is 1.42. The van der Waals surface area contributed by atoms with Crippen molar-refractivity contribution in [2.24, 2.45) is 0 Å². The third-order valence-corrected chi connectivity index (χ3v) is 2.62. The molecule has 0 aliphatic carbocycles. The molecule has 2 heteroatoms. The van der Waals surface area contributed by atoms with Crippen molar-refractivity contribution in [1.29, 1.82) is 0 Å². The summed E-state index contributed by atoms with van der Waals surface area (Å²) in [6, 6.07) is 3.03. The summed E-state index contributed by atoms with van der Waals surface area (Å²) in [6.07, 6.45) is 4.52. The van der Waals surface area contributed by atoms with Gasteiger partial charge in [-0.15, -0.1) is 0 Å². The molecule has 0 radical (unpaired) electrons.